The molecule has 0 aliphatic heterocycles. The fourth-order valence-corrected chi connectivity index (χ4v) is 3.38. The normalized spacial score (nSPS) is 15.0. The Hall–Kier alpha value is -1.00. The monoisotopic (exact) mass is 308 g/mol. The molecular formula is C17H28N2OS. The Morgan fingerprint density at radius 3 is 2.24 bits per heavy atom. The molecule has 0 heterocycles. The van der Waals surface area contributed by atoms with E-state index in [2.05, 4.69) is 26.1 Å². The summed E-state index contributed by atoms with van der Waals surface area (Å²) >= 11 is 1.85. The molecule has 3 nitrogen and oxygen atoms in total. The van der Waals surface area contributed by atoms with Gasteiger partial charge in [-0.3, -0.25) is 10.1 Å². The van der Waals surface area contributed by atoms with Crippen LogP contribution in [0.4, 0.5) is 0 Å². The largest absolute Gasteiger partial charge is 0.368 e. The van der Waals surface area contributed by atoms with E-state index in [1.165, 1.54) is 0 Å². The fraction of sp³-hybridized carbons (Fsp3) is 0.588. The molecule has 118 valence electrons. The van der Waals surface area contributed by atoms with E-state index in [1.807, 2.05) is 55.9 Å². The van der Waals surface area contributed by atoms with Gasteiger partial charge in [-0.2, -0.15) is 11.8 Å². The molecule has 0 aliphatic rings. The summed E-state index contributed by atoms with van der Waals surface area (Å²) < 4.78 is 0.178. The van der Waals surface area contributed by atoms with Crippen molar-refractivity contribution in [3.8, 4) is 0 Å². The van der Waals surface area contributed by atoms with Crippen LogP contribution in [0, 0.1) is 0 Å². The second-order valence-corrected chi connectivity index (χ2v) is 8.57. The molecule has 0 saturated heterocycles. The number of carbonyl (C=O) groups excluding carboxylic acids is 1. The maximum absolute atomic E-state index is 12.3. The van der Waals surface area contributed by atoms with E-state index in [1.54, 1.807) is 0 Å². The average Bonchev–Trinajstić information content (AvgIpc) is 2.36. The van der Waals surface area contributed by atoms with Gasteiger partial charge >= 0.3 is 0 Å². The number of nitrogens with one attached hydrogen (secondary N) is 1. The summed E-state index contributed by atoms with van der Waals surface area (Å²) in [5.74, 6) is 0.568. The highest BCUT2D eigenvalue weighted by molar-refractivity contribution is 8.00. The summed E-state index contributed by atoms with van der Waals surface area (Å²) in [7, 11) is 0. The van der Waals surface area contributed by atoms with Gasteiger partial charge in [0.05, 0.1) is 0 Å². The smallest absolute Gasteiger partial charge is 0.242 e. The van der Waals surface area contributed by atoms with Crippen molar-refractivity contribution in [2.45, 2.75) is 57.4 Å². The molecule has 1 rings (SSSR count). The van der Waals surface area contributed by atoms with Crippen molar-refractivity contribution in [2.24, 2.45) is 5.73 Å². The highest BCUT2D eigenvalue weighted by Crippen LogP contribution is 2.31. The van der Waals surface area contributed by atoms with E-state index in [0.29, 0.717) is 6.42 Å². The Kier molecular flexibility index (Phi) is 6.29. The van der Waals surface area contributed by atoms with Gasteiger partial charge in [0.1, 0.15) is 5.54 Å². The average molecular weight is 308 g/mol. The molecule has 1 aromatic carbocycles. The Labute approximate surface area is 133 Å². The molecule has 1 unspecified atom stereocenters. The van der Waals surface area contributed by atoms with Crippen LogP contribution in [0.5, 0.6) is 0 Å². The van der Waals surface area contributed by atoms with Gasteiger partial charge in [-0.1, -0.05) is 51.1 Å². The van der Waals surface area contributed by atoms with E-state index in [4.69, 9.17) is 5.73 Å². The number of carbonyl (C=O) groups is 1. The van der Waals surface area contributed by atoms with Crippen LogP contribution in [0.25, 0.3) is 0 Å². The van der Waals surface area contributed by atoms with E-state index in [0.717, 1.165) is 11.3 Å². The molecule has 0 aromatic heterocycles. The first-order valence-electron chi connectivity index (χ1n) is 7.44. The van der Waals surface area contributed by atoms with E-state index in [-0.39, 0.29) is 16.7 Å². The van der Waals surface area contributed by atoms with Crippen molar-refractivity contribution in [3.63, 3.8) is 0 Å². The quantitative estimate of drug-likeness (QED) is 0.812. The number of hydrogen-bond donors (Lipinski definition) is 2. The molecule has 0 radical (unpaired) electrons. The minimum absolute atomic E-state index is 0.178. The lowest BCUT2D eigenvalue weighted by Crippen LogP contribution is -2.55. The van der Waals surface area contributed by atoms with Crippen LogP contribution >= 0.6 is 11.8 Å². The fourth-order valence-electron chi connectivity index (χ4n) is 2.36. The molecule has 0 saturated carbocycles. The van der Waals surface area contributed by atoms with Crippen molar-refractivity contribution >= 4 is 17.7 Å². The van der Waals surface area contributed by atoms with Gasteiger partial charge < -0.3 is 5.73 Å². The number of primary amides is 1. The molecular weight excluding hydrogens is 280 g/mol. The van der Waals surface area contributed by atoms with E-state index < -0.39 is 5.54 Å². The van der Waals surface area contributed by atoms with Crippen LogP contribution in [0.3, 0.4) is 0 Å². The van der Waals surface area contributed by atoms with Gasteiger partial charge in [0.2, 0.25) is 5.91 Å². The van der Waals surface area contributed by atoms with Gasteiger partial charge in [-0.15, -0.1) is 0 Å². The molecule has 1 atom stereocenters. The van der Waals surface area contributed by atoms with Crippen LogP contribution in [-0.2, 0) is 10.3 Å². The van der Waals surface area contributed by atoms with Crippen LogP contribution in [0.2, 0.25) is 0 Å². The molecule has 0 aliphatic carbocycles. The molecule has 1 aromatic rings. The van der Waals surface area contributed by atoms with Gasteiger partial charge in [0.15, 0.2) is 0 Å². The van der Waals surface area contributed by atoms with Crippen molar-refractivity contribution < 1.29 is 4.79 Å². The van der Waals surface area contributed by atoms with Crippen molar-refractivity contribution in [1.82, 2.24) is 5.32 Å². The third-order valence-corrected chi connectivity index (χ3v) is 4.51. The second-order valence-electron chi connectivity index (χ2n) is 6.65. The maximum Gasteiger partial charge on any atom is 0.242 e. The second kappa shape index (κ2) is 7.32. The summed E-state index contributed by atoms with van der Waals surface area (Å²) in [5, 5.41) is 3.41. The molecule has 0 bridgehead atoms. The lowest BCUT2D eigenvalue weighted by Gasteiger charge is -2.35. The van der Waals surface area contributed by atoms with Crippen molar-refractivity contribution in [3.05, 3.63) is 35.9 Å². The molecule has 4 heteroatoms. The first-order chi connectivity index (χ1) is 9.67. The van der Waals surface area contributed by atoms with Crippen LogP contribution in [0.15, 0.2) is 30.3 Å². The highest BCUT2D eigenvalue weighted by Gasteiger charge is 2.38. The first kappa shape index (κ1) is 18.1. The summed E-state index contributed by atoms with van der Waals surface area (Å²) in [4.78, 5) is 12.3. The molecule has 1 amide bonds. The van der Waals surface area contributed by atoms with Crippen LogP contribution < -0.4 is 11.1 Å². The third kappa shape index (κ3) is 5.36. The number of amides is 1. The Balaban J connectivity index is 3.05. The summed E-state index contributed by atoms with van der Waals surface area (Å²) in [6.45, 7) is 10.6. The minimum Gasteiger partial charge on any atom is -0.368 e. The number of thioether (sulfide) groups is 1. The Morgan fingerprint density at radius 2 is 1.81 bits per heavy atom. The predicted molar refractivity (Wildman–Crippen MR) is 92.4 cm³/mol. The number of hydrogen-bond acceptors (Lipinski definition) is 3. The molecule has 21 heavy (non-hydrogen) atoms. The standard InChI is InChI=1S/C17H28N2OS/c1-13(2)19-17(15(18)20,11-12-21-16(3,4)5)14-9-7-6-8-10-14/h6-10,13,19H,11-12H2,1-5H3,(H2,18,20). The molecule has 0 fully saturated rings. The number of nitrogens with two attached hydrogens (primary N) is 1. The lowest BCUT2D eigenvalue weighted by molar-refractivity contribution is -0.125. The lowest BCUT2D eigenvalue weighted by atomic mass is 9.85. The third-order valence-electron chi connectivity index (χ3n) is 3.23. The predicted octanol–water partition coefficient (Wildman–Crippen LogP) is 3.29. The van der Waals surface area contributed by atoms with Gasteiger partial charge in [0, 0.05) is 10.8 Å². The van der Waals surface area contributed by atoms with Crippen molar-refractivity contribution in [1.29, 1.82) is 0 Å². The van der Waals surface area contributed by atoms with Crippen LogP contribution in [-0.4, -0.2) is 22.4 Å². The summed E-state index contributed by atoms with van der Waals surface area (Å²) in [5.41, 5.74) is 5.94. The zero-order valence-electron chi connectivity index (χ0n) is 13.8. The van der Waals surface area contributed by atoms with Gasteiger partial charge in [-0.05, 0) is 31.6 Å². The number of rotatable bonds is 7. The Morgan fingerprint density at radius 1 is 1.24 bits per heavy atom. The zero-order valence-corrected chi connectivity index (χ0v) is 14.6. The molecule has 3 N–H and O–H groups in total. The zero-order chi connectivity index (χ0) is 16.1. The van der Waals surface area contributed by atoms with E-state index in [9.17, 15) is 4.79 Å². The first-order valence-corrected chi connectivity index (χ1v) is 8.43. The van der Waals surface area contributed by atoms with Crippen molar-refractivity contribution in [2.75, 3.05) is 5.75 Å². The highest BCUT2D eigenvalue weighted by atomic mass is 32.2. The SMILES string of the molecule is CC(C)NC(CCSC(C)(C)C)(C(N)=O)c1ccccc1. The number of benzene rings is 1. The topological polar surface area (TPSA) is 55.1 Å². The van der Waals surface area contributed by atoms with Crippen LogP contribution in [0.1, 0.15) is 46.6 Å². The maximum atomic E-state index is 12.3. The van der Waals surface area contributed by atoms with Gasteiger partial charge in [0.25, 0.3) is 0 Å². The Bertz CT molecular complexity index is 454. The summed E-state index contributed by atoms with van der Waals surface area (Å²) in [6.07, 6.45) is 0.687. The summed E-state index contributed by atoms with van der Waals surface area (Å²) in [6, 6.07) is 9.98. The van der Waals surface area contributed by atoms with Gasteiger partial charge in [-0.25, -0.2) is 0 Å². The molecule has 0 spiro atoms. The minimum atomic E-state index is -0.798. The van der Waals surface area contributed by atoms with E-state index >= 15 is 0 Å².